The van der Waals surface area contributed by atoms with Gasteiger partial charge in [0.25, 0.3) is 0 Å². The molecule has 1 rings (SSSR count). The first kappa shape index (κ1) is 11.3. The second kappa shape index (κ2) is 5.20. The van der Waals surface area contributed by atoms with E-state index in [1.807, 2.05) is 0 Å². The van der Waals surface area contributed by atoms with Gasteiger partial charge in [-0.3, -0.25) is 0 Å². The SMILES string of the molecule is CCCCC(O)c1cc(Cl)sc1Cl. The van der Waals surface area contributed by atoms with E-state index >= 15 is 0 Å². The van der Waals surface area contributed by atoms with Gasteiger partial charge < -0.3 is 5.11 Å². The van der Waals surface area contributed by atoms with Crippen LogP contribution in [0.15, 0.2) is 6.07 Å². The lowest BCUT2D eigenvalue weighted by Crippen LogP contribution is -1.95. The van der Waals surface area contributed by atoms with Crippen LogP contribution in [0.2, 0.25) is 8.67 Å². The number of unbranched alkanes of at least 4 members (excludes halogenated alkanes) is 1. The van der Waals surface area contributed by atoms with Crippen LogP contribution < -0.4 is 0 Å². The van der Waals surface area contributed by atoms with Crippen LogP contribution in [0.3, 0.4) is 0 Å². The molecule has 13 heavy (non-hydrogen) atoms. The highest BCUT2D eigenvalue weighted by molar-refractivity contribution is 7.20. The van der Waals surface area contributed by atoms with Crippen molar-refractivity contribution in [2.75, 3.05) is 0 Å². The number of thiophene rings is 1. The van der Waals surface area contributed by atoms with Crippen LogP contribution in [0.1, 0.15) is 37.9 Å². The highest BCUT2D eigenvalue weighted by Gasteiger charge is 2.13. The maximum Gasteiger partial charge on any atom is 0.100 e. The van der Waals surface area contributed by atoms with E-state index in [1.54, 1.807) is 6.07 Å². The molecule has 0 aliphatic rings. The van der Waals surface area contributed by atoms with Gasteiger partial charge >= 0.3 is 0 Å². The van der Waals surface area contributed by atoms with Crippen molar-refractivity contribution in [3.05, 3.63) is 20.3 Å². The molecule has 1 aromatic heterocycles. The van der Waals surface area contributed by atoms with E-state index in [4.69, 9.17) is 23.2 Å². The van der Waals surface area contributed by atoms with Gasteiger partial charge in [0.05, 0.1) is 10.4 Å². The smallest absolute Gasteiger partial charge is 0.100 e. The first-order valence-electron chi connectivity index (χ1n) is 4.28. The summed E-state index contributed by atoms with van der Waals surface area (Å²) in [5, 5.41) is 9.71. The Labute approximate surface area is 92.3 Å². The Kier molecular flexibility index (Phi) is 4.53. The van der Waals surface area contributed by atoms with Crippen LogP contribution in [-0.2, 0) is 0 Å². The lowest BCUT2D eigenvalue weighted by atomic mass is 10.1. The van der Waals surface area contributed by atoms with E-state index in [-0.39, 0.29) is 0 Å². The van der Waals surface area contributed by atoms with Crippen molar-refractivity contribution >= 4 is 34.5 Å². The Bertz CT molecular complexity index is 273. The van der Waals surface area contributed by atoms with Crippen LogP contribution in [0.4, 0.5) is 0 Å². The Hall–Kier alpha value is 0.240. The van der Waals surface area contributed by atoms with E-state index in [2.05, 4.69) is 6.92 Å². The molecule has 0 bridgehead atoms. The fourth-order valence-electron chi connectivity index (χ4n) is 1.13. The van der Waals surface area contributed by atoms with Gasteiger partial charge in [-0.05, 0) is 12.5 Å². The molecule has 0 aromatic carbocycles. The van der Waals surface area contributed by atoms with Crippen molar-refractivity contribution in [1.82, 2.24) is 0 Å². The van der Waals surface area contributed by atoms with Crippen molar-refractivity contribution < 1.29 is 5.11 Å². The molecule has 0 radical (unpaired) electrons. The minimum absolute atomic E-state index is 0.462. The minimum atomic E-state index is -0.462. The van der Waals surface area contributed by atoms with Crippen molar-refractivity contribution in [2.45, 2.75) is 32.3 Å². The van der Waals surface area contributed by atoms with Gasteiger partial charge in [0, 0.05) is 5.56 Å². The Balaban J connectivity index is 2.64. The molecule has 1 atom stereocenters. The molecule has 1 heterocycles. The first-order valence-corrected chi connectivity index (χ1v) is 5.85. The molecule has 0 saturated heterocycles. The van der Waals surface area contributed by atoms with Crippen LogP contribution in [-0.4, -0.2) is 5.11 Å². The summed E-state index contributed by atoms with van der Waals surface area (Å²) in [6.07, 6.45) is 2.37. The number of hydrogen-bond donors (Lipinski definition) is 1. The zero-order valence-corrected chi connectivity index (χ0v) is 9.72. The van der Waals surface area contributed by atoms with E-state index in [1.165, 1.54) is 11.3 Å². The molecular weight excluding hydrogens is 227 g/mol. The first-order chi connectivity index (χ1) is 6.15. The molecule has 0 aliphatic heterocycles. The molecule has 0 amide bonds. The summed E-state index contributed by atoms with van der Waals surface area (Å²) in [6, 6.07) is 1.74. The summed E-state index contributed by atoms with van der Waals surface area (Å²) in [5.41, 5.74) is 0.769. The Morgan fingerprint density at radius 3 is 2.69 bits per heavy atom. The third kappa shape index (κ3) is 3.13. The number of aliphatic hydroxyl groups excluding tert-OH is 1. The van der Waals surface area contributed by atoms with E-state index in [0.29, 0.717) is 8.67 Å². The largest absolute Gasteiger partial charge is 0.388 e. The van der Waals surface area contributed by atoms with Crippen LogP contribution in [0.5, 0.6) is 0 Å². The van der Waals surface area contributed by atoms with Gasteiger partial charge in [0.2, 0.25) is 0 Å². The zero-order chi connectivity index (χ0) is 9.84. The molecule has 0 spiro atoms. The maximum atomic E-state index is 9.71. The van der Waals surface area contributed by atoms with Crippen LogP contribution in [0, 0.1) is 0 Å². The number of halogens is 2. The third-order valence-corrected chi connectivity index (χ3v) is 3.39. The maximum absolute atomic E-state index is 9.71. The van der Waals surface area contributed by atoms with Gasteiger partial charge in [-0.2, -0.15) is 0 Å². The molecule has 4 heteroatoms. The van der Waals surface area contributed by atoms with Gasteiger partial charge in [0.1, 0.15) is 4.34 Å². The number of rotatable bonds is 4. The Morgan fingerprint density at radius 2 is 2.23 bits per heavy atom. The van der Waals surface area contributed by atoms with Gasteiger partial charge in [-0.15, -0.1) is 11.3 Å². The molecule has 1 nitrogen and oxygen atoms in total. The molecule has 1 unspecified atom stereocenters. The standard InChI is InChI=1S/C9H12Cl2OS/c1-2-3-4-7(12)6-5-8(10)13-9(6)11/h5,7,12H,2-4H2,1H3. The summed E-state index contributed by atoms with van der Waals surface area (Å²) in [6.45, 7) is 2.09. The average molecular weight is 239 g/mol. The predicted octanol–water partition coefficient (Wildman–Crippen LogP) is 4.28. The highest BCUT2D eigenvalue weighted by atomic mass is 35.5. The summed E-state index contributed by atoms with van der Waals surface area (Å²) < 4.78 is 1.24. The minimum Gasteiger partial charge on any atom is -0.388 e. The van der Waals surface area contributed by atoms with E-state index < -0.39 is 6.10 Å². The number of aliphatic hydroxyl groups is 1. The van der Waals surface area contributed by atoms with Crippen molar-refractivity contribution in [1.29, 1.82) is 0 Å². The lowest BCUT2D eigenvalue weighted by molar-refractivity contribution is 0.165. The van der Waals surface area contributed by atoms with Crippen molar-refractivity contribution in [3.63, 3.8) is 0 Å². The molecule has 74 valence electrons. The van der Waals surface area contributed by atoms with Gasteiger partial charge in [0.15, 0.2) is 0 Å². The van der Waals surface area contributed by atoms with E-state index in [0.717, 1.165) is 24.8 Å². The fourth-order valence-corrected chi connectivity index (χ4v) is 2.70. The lowest BCUT2D eigenvalue weighted by Gasteiger charge is -2.07. The highest BCUT2D eigenvalue weighted by Crippen LogP contribution is 2.36. The Morgan fingerprint density at radius 1 is 1.54 bits per heavy atom. The zero-order valence-electron chi connectivity index (χ0n) is 7.39. The molecular formula is C9H12Cl2OS. The molecule has 1 aromatic rings. The predicted molar refractivity (Wildman–Crippen MR) is 58.8 cm³/mol. The van der Waals surface area contributed by atoms with Crippen molar-refractivity contribution in [3.8, 4) is 0 Å². The molecule has 1 N–H and O–H groups in total. The van der Waals surface area contributed by atoms with E-state index in [9.17, 15) is 5.11 Å². The second-order valence-corrected chi connectivity index (χ2v) is 5.22. The fraction of sp³-hybridized carbons (Fsp3) is 0.556. The summed E-state index contributed by atoms with van der Waals surface area (Å²) >= 11 is 13.0. The van der Waals surface area contributed by atoms with Crippen LogP contribution >= 0.6 is 34.5 Å². The topological polar surface area (TPSA) is 20.2 Å². The van der Waals surface area contributed by atoms with Gasteiger partial charge in [-0.1, -0.05) is 43.0 Å². The van der Waals surface area contributed by atoms with Crippen molar-refractivity contribution in [2.24, 2.45) is 0 Å². The summed E-state index contributed by atoms with van der Waals surface area (Å²) in [5.74, 6) is 0. The summed E-state index contributed by atoms with van der Waals surface area (Å²) in [4.78, 5) is 0. The normalized spacial score (nSPS) is 13.2. The van der Waals surface area contributed by atoms with Gasteiger partial charge in [-0.25, -0.2) is 0 Å². The average Bonchev–Trinajstić information content (AvgIpc) is 2.41. The quantitative estimate of drug-likeness (QED) is 0.831. The second-order valence-electron chi connectivity index (χ2n) is 2.94. The summed E-state index contributed by atoms with van der Waals surface area (Å²) in [7, 11) is 0. The third-order valence-electron chi connectivity index (χ3n) is 1.87. The molecule has 0 saturated carbocycles. The number of hydrogen-bond acceptors (Lipinski definition) is 2. The molecule has 0 fully saturated rings. The molecule has 0 aliphatic carbocycles. The monoisotopic (exact) mass is 238 g/mol. The van der Waals surface area contributed by atoms with Crippen LogP contribution in [0.25, 0.3) is 0 Å².